The third kappa shape index (κ3) is 2.09. The second-order valence-corrected chi connectivity index (χ2v) is 1.95. The third-order valence-corrected chi connectivity index (χ3v) is 1.12. The van der Waals surface area contributed by atoms with Crippen molar-refractivity contribution in [2.75, 3.05) is 13.7 Å². The van der Waals surface area contributed by atoms with E-state index in [1.165, 1.54) is 25.7 Å². The lowest BCUT2D eigenvalue weighted by Gasteiger charge is -1.95. The molecule has 0 atom stereocenters. The van der Waals surface area contributed by atoms with Gasteiger partial charge in [-0.15, -0.1) is 0 Å². The standard InChI is InChI=1S/C7H8N2O2/c1-11-5-7(10)6-4-8-2-3-9-6/h2-4H,5H2,1H3. The molecule has 4 nitrogen and oxygen atoms in total. The van der Waals surface area contributed by atoms with Crippen molar-refractivity contribution in [3.63, 3.8) is 0 Å². The van der Waals surface area contributed by atoms with Crippen molar-refractivity contribution in [1.82, 2.24) is 9.97 Å². The summed E-state index contributed by atoms with van der Waals surface area (Å²) in [5.74, 6) is -0.152. The lowest BCUT2D eigenvalue weighted by molar-refractivity contribution is 0.0842. The molecule has 0 aliphatic heterocycles. The largest absolute Gasteiger partial charge is 0.376 e. The van der Waals surface area contributed by atoms with Crippen molar-refractivity contribution in [3.8, 4) is 0 Å². The molecular weight excluding hydrogens is 144 g/mol. The Labute approximate surface area is 64.2 Å². The summed E-state index contributed by atoms with van der Waals surface area (Å²) in [7, 11) is 1.47. The topological polar surface area (TPSA) is 52.1 Å². The van der Waals surface area contributed by atoms with Crippen LogP contribution in [-0.4, -0.2) is 29.5 Å². The van der Waals surface area contributed by atoms with Crippen LogP contribution in [0.1, 0.15) is 10.5 Å². The smallest absolute Gasteiger partial charge is 0.208 e. The van der Waals surface area contributed by atoms with Gasteiger partial charge in [0.25, 0.3) is 0 Å². The van der Waals surface area contributed by atoms with E-state index >= 15 is 0 Å². The van der Waals surface area contributed by atoms with Crippen molar-refractivity contribution in [3.05, 3.63) is 24.3 Å². The van der Waals surface area contributed by atoms with Gasteiger partial charge in [-0.25, -0.2) is 4.98 Å². The first-order valence-corrected chi connectivity index (χ1v) is 3.12. The molecule has 0 aliphatic carbocycles. The first-order valence-electron chi connectivity index (χ1n) is 3.12. The fourth-order valence-electron chi connectivity index (χ4n) is 0.648. The zero-order valence-electron chi connectivity index (χ0n) is 6.15. The Hall–Kier alpha value is -1.29. The molecule has 1 aromatic rings. The zero-order chi connectivity index (χ0) is 8.10. The highest BCUT2D eigenvalue weighted by Gasteiger charge is 2.04. The molecule has 0 bridgehead atoms. The highest BCUT2D eigenvalue weighted by Crippen LogP contribution is 1.91. The van der Waals surface area contributed by atoms with Crippen LogP contribution in [0, 0.1) is 0 Å². The van der Waals surface area contributed by atoms with Crippen LogP contribution in [0.5, 0.6) is 0 Å². The Balaban J connectivity index is 2.69. The minimum Gasteiger partial charge on any atom is -0.376 e. The van der Waals surface area contributed by atoms with Gasteiger partial charge in [0, 0.05) is 19.5 Å². The van der Waals surface area contributed by atoms with Crippen molar-refractivity contribution >= 4 is 5.78 Å². The number of methoxy groups -OCH3 is 1. The number of rotatable bonds is 3. The Morgan fingerprint density at radius 1 is 1.64 bits per heavy atom. The average Bonchev–Trinajstić information content (AvgIpc) is 2.07. The number of ether oxygens (including phenoxy) is 1. The number of ketones is 1. The Kier molecular flexibility index (Phi) is 2.68. The first-order chi connectivity index (χ1) is 5.34. The highest BCUT2D eigenvalue weighted by molar-refractivity contribution is 5.94. The molecule has 0 spiro atoms. The highest BCUT2D eigenvalue weighted by atomic mass is 16.5. The monoisotopic (exact) mass is 152 g/mol. The lowest BCUT2D eigenvalue weighted by atomic mass is 10.3. The SMILES string of the molecule is COCC(=O)c1cnccn1. The van der Waals surface area contributed by atoms with Gasteiger partial charge in [0.15, 0.2) is 0 Å². The van der Waals surface area contributed by atoms with Gasteiger partial charge in [0.1, 0.15) is 12.3 Å². The quantitative estimate of drug-likeness (QED) is 0.585. The minimum atomic E-state index is -0.152. The summed E-state index contributed by atoms with van der Waals surface area (Å²) in [5.41, 5.74) is 0.342. The van der Waals surface area contributed by atoms with Crippen molar-refractivity contribution in [2.24, 2.45) is 0 Å². The summed E-state index contributed by atoms with van der Waals surface area (Å²) < 4.78 is 4.64. The maximum Gasteiger partial charge on any atom is 0.208 e. The number of hydrogen-bond donors (Lipinski definition) is 0. The number of aromatic nitrogens is 2. The number of carbonyl (C=O) groups is 1. The lowest BCUT2D eigenvalue weighted by Crippen LogP contribution is -2.08. The number of hydrogen-bond acceptors (Lipinski definition) is 4. The number of carbonyl (C=O) groups excluding carboxylic acids is 1. The number of nitrogens with zero attached hydrogens (tertiary/aromatic N) is 2. The second kappa shape index (κ2) is 3.78. The first kappa shape index (κ1) is 7.81. The van der Waals surface area contributed by atoms with Gasteiger partial charge >= 0.3 is 0 Å². The van der Waals surface area contributed by atoms with Gasteiger partial charge in [-0.2, -0.15) is 0 Å². The molecule has 0 saturated carbocycles. The van der Waals surface area contributed by atoms with E-state index in [1.54, 1.807) is 0 Å². The van der Waals surface area contributed by atoms with E-state index in [-0.39, 0.29) is 12.4 Å². The van der Waals surface area contributed by atoms with Crippen LogP contribution in [0.2, 0.25) is 0 Å². The van der Waals surface area contributed by atoms with E-state index in [9.17, 15) is 4.79 Å². The average molecular weight is 152 g/mol. The van der Waals surface area contributed by atoms with E-state index in [0.717, 1.165) is 0 Å². The van der Waals surface area contributed by atoms with Crippen molar-refractivity contribution in [2.45, 2.75) is 0 Å². The van der Waals surface area contributed by atoms with Gasteiger partial charge in [0.2, 0.25) is 5.78 Å². The fraction of sp³-hybridized carbons (Fsp3) is 0.286. The summed E-state index contributed by atoms with van der Waals surface area (Å²) >= 11 is 0. The maximum absolute atomic E-state index is 11.0. The van der Waals surface area contributed by atoms with Crippen molar-refractivity contribution < 1.29 is 9.53 Å². The maximum atomic E-state index is 11.0. The van der Waals surface area contributed by atoms with Crippen LogP contribution in [0.15, 0.2) is 18.6 Å². The molecule has 0 amide bonds. The van der Waals surface area contributed by atoms with Crippen LogP contribution in [0.4, 0.5) is 0 Å². The molecule has 1 rings (SSSR count). The summed E-state index contributed by atoms with van der Waals surface area (Å²) in [5, 5.41) is 0. The molecule has 0 aliphatic rings. The summed E-state index contributed by atoms with van der Waals surface area (Å²) in [6, 6.07) is 0. The van der Waals surface area contributed by atoms with E-state index in [4.69, 9.17) is 0 Å². The fourth-order valence-corrected chi connectivity index (χ4v) is 0.648. The molecule has 0 saturated heterocycles. The molecule has 1 aromatic heterocycles. The van der Waals surface area contributed by atoms with Crippen LogP contribution in [0.25, 0.3) is 0 Å². The van der Waals surface area contributed by atoms with Crippen LogP contribution >= 0.6 is 0 Å². The van der Waals surface area contributed by atoms with E-state index in [0.29, 0.717) is 5.69 Å². The molecule has 0 fully saturated rings. The molecule has 11 heavy (non-hydrogen) atoms. The van der Waals surface area contributed by atoms with E-state index in [2.05, 4.69) is 14.7 Å². The van der Waals surface area contributed by atoms with Crippen LogP contribution in [0.3, 0.4) is 0 Å². The van der Waals surface area contributed by atoms with E-state index in [1.807, 2.05) is 0 Å². The minimum absolute atomic E-state index is 0.0543. The third-order valence-electron chi connectivity index (χ3n) is 1.12. The Bertz CT molecular complexity index is 235. The molecule has 0 radical (unpaired) electrons. The Morgan fingerprint density at radius 3 is 3.00 bits per heavy atom. The summed E-state index contributed by atoms with van der Waals surface area (Å²) in [4.78, 5) is 18.6. The van der Waals surface area contributed by atoms with Gasteiger partial charge in [-0.1, -0.05) is 0 Å². The molecule has 1 heterocycles. The predicted molar refractivity (Wildman–Crippen MR) is 38.2 cm³/mol. The van der Waals surface area contributed by atoms with Gasteiger partial charge in [-0.05, 0) is 0 Å². The van der Waals surface area contributed by atoms with Gasteiger partial charge in [0.05, 0.1) is 6.20 Å². The second-order valence-electron chi connectivity index (χ2n) is 1.95. The zero-order valence-corrected chi connectivity index (χ0v) is 6.15. The molecule has 0 N–H and O–H groups in total. The number of Topliss-reactive ketones (excluding diaryl/α,β-unsaturated/α-hetero) is 1. The Morgan fingerprint density at radius 2 is 2.45 bits per heavy atom. The van der Waals surface area contributed by atoms with E-state index < -0.39 is 0 Å². The predicted octanol–water partition coefficient (Wildman–Crippen LogP) is 0.306. The molecule has 0 aromatic carbocycles. The summed E-state index contributed by atoms with van der Waals surface area (Å²) in [6.45, 7) is 0.0543. The molecule has 0 unspecified atom stereocenters. The van der Waals surface area contributed by atoms with Crippen LogP contribution in [-0.2, 0) is 4.74 Å². The summed E-state index contributed by atoms with van der Waals surface area (Å²) in [6.07, 6.45) is 4.41. The van der Waals surface area contributed by atoms with Gasteiger partial charge in [-0.3, -0.25) is 9.78 Å². The molecular formula is C7H8N2O2. The molecule has 4 heteroatoms. The normalized spacial score (nSPS) is 9.55. The van der Waals surface area contributed by atoms with Gasteiger partial charge < -0.3 is 4.74 Å². The molecule has 58 valence electrons. The van der Waals surface area contributed by atoms with Crippen LogP contribution < -0.4 is 0 Å². The van der Waals surface area contributed by atoms with Crippen molar-refractivity contribution in [1.29, 1.82) is 0 Å².